The van der Waals surface area contributed by atoms with Gasteiger partial charge in [-0.1, -0.05) is 11.6 Å². The van der Waals surface area contributed by atoms with Gasteiger partial charge in [-0.05, 0) is 31.3 Å². The summed E-state index contributed by atoms with van der Waals surface area (Å²) in [4.78, 5) is 32.1. The monoisotopic (exact) mass is 500 g/mol. The zero-order chi connectivity index (χ0) is 24.5. The minimum absolute atomic E-state index is 0.105. The van der Waals surface area contributed by atoms with Crippen molar-refractivity contribution in [1.82, 2.24) is 4.90 Å². The molecule has 8 nitrogen and oxygen atoms in total. The molecule has 1 amide bonds. The van der Waals surface area contributed by atoms with Crippen molar-refractivity contribution in [2.75, 3.05) is 74.6 Å². The number of ether oxygens (including phenoxy) is 1. The third-order valence-electron chi connectivity index (χ3n) is 6.40. The number of halogens is 2. The standard InChI is InChI=1S/C25H26ClFN4O4/c1-29-4-6-30(7-5-29)21-13-16(27)12-18-22(32)15-23(35-24(18)21)25(33)28-17-2-3-20(19(26)14-17)31-8-10-34-11-9-31/h2-3,12-15H,4-11H2,1H3,(H,28,33). The number of nitrogens with zero attached hydrogens (tertiary/aromatic N) is 3. The third kappa shape index (κ3) is 4.98. The van der Waals surface area contributed by atoms with Crippen molar-refractivity contribution in [3.05, 3.63) is 63.2 Å². The van der Waals surface area contributed by atoms with Crippen LogP contribution in [0.2, 0.25) is 5.02 Å². The molecule has 35 heavy (non-hydrogen) atoms. The molecule has 0 bridgehead atoms. The molecule has 3 heterocycles. The summed E-state index contributed by atoms with van der Waals surface area (Å²) >= 11 is 6.48. The first-order valence-electron chi connectivity index (χ1n) is 11.5. The highest BCUT2D eigenvalue weighted by molar-refractivity contribution is 6.33. The fourth-order valence-corrected chi connectivity index (χ4v) is 4.74. The molecule has 0 saturated carbocycles. The lowest BCUT2D eigenvalue weighted by molar-refractivity contribution is 0.0997. The van der Waals surface area contributed by atoms with Crippen LogP contribution in [0.3, 0.4) is 0 Å². The zero-order valence-corrected chi connectivity index (χ0v) is 20.1. The quantitative estimate of drug-likeness (QED) is 0.588. The lowest BCUT2D eigenvalue weighted by Gasteiger charge is -2.34. The summed E-state index contributed by atoms with van der Waals surface area (Å²) in [6, 6.07) is 8.84. The van der Waals surface area contributed by atoms with Crippen molar-refractivity contribution in [2.45, 2.75) is 0 Å². The fraction of sp³-hybridized carbons (Fsp3) is 0.360. The number of hydrogen-bond acceptors (Lipinski definition) is 7. The van der Waals surface area contributed by atoms with Crippen molar-refractivity contribution < 1.29 is 18.3 Å². The van der Waals surface area contributed by atoms with Crippen LogP contribution in [0.5, 0.6) is 0 Å². The van der Waals surface area contributed by atoms with E-state index in [0.717, 1.165) is 44.0 Å². The number of morpholine rings is 1. The largest absolute Gasteiger partial charge is 0.448 e. The van der Waals surface area contributed by atoms with E-state index in [0.29, 0.717) is 42.7 Å². The Bertz CT molecular complexity index is 1320. The number of fused-ring (bicyclic) bond motifs is 1. The molecule has 3 aromatic rings. The molecule has 0 spiro atoms. The lowest BCUT2D eigenvalue weighted by Crippen LogP contribution is -2.44. The van der Waals surface area contributed by atoms with Crippen LogP contribution in [0, 0.1) is 5.82 Å². The average Bonchev–Trinajstić information content (AvgIpc) is 2.85. The molecular weight excluding hydrogens is 475 g/mol. The number of rotatable bonds is 4. The summed E-state index contributed by atoms with van der Waals surface area (Å²) in [5.74, 6) is -1.27. The van der Waals surface area contributed by atoms with Crippen LogP contribution in [0.4, 0.5) is 21.5 Å². The van der Waals surface area contributed by atoms with Gasteiger partial charge in [-0.3, -0.25) is 9.59 Å². The Morgan fingerprint density at radius 1 is 0.971 bits per heavy atom. The van der Waals surface area contributed by atoms with Crippen molar-refractivity contribution in [1.29, 1.82) is 0 Å². The third-order valence-corrected chi connectivity index (χ3v) is 6.70. The molecule has 5 rings (SSSR count). The lowest BCUT2D eigenvalue weighted by atomic mass is 10.1. The van der Waals surface area contributed by atoms with Crippen LogP contribution >= 0.6 is 11.6 Å². The molecule has 2 aliphatic heterocycles. The smallest absolute Gasteiger partial charge is 0.291 e. The van der Waals surface area contributed by atoms with Gasteiger partial charge in [0.2, 0.25) is 0 Å². The molecule has 1 aromatic heterocycles. The maximum atomic E-state index is 14.3. The van der Waals surface area contributed by atoms with Crippen LogP contribution < -0.4 is 20.5 Å². The summed E-state index contributed by atoms with van der Waals surface area (Å²) in [6.45, 7) is 5.65. The van der Waals surface area contributed by atoms with Crippen LogP contribution in [-0.2, 0) is 4.74 Å². The van der Waals surface area contributed by atoms with Gasteiger partial charge >= 0.3 is 0 Å². The summed E-state index contributed by atoms with van der Waals surface area (Å²) < 4.78 is 25.6. The average molecular weight is 501 g/mol. The Morgan fingerprint density at radius 2 is 1.69 bits per heavy atom. The molecule has 1 N–H and O–H groups in total. The highest BCUT2D eigenvalue weighted by atomic mass is 35.5. The predicted molar refractivity (Wildman–Crippen MR) is 135 cm³/mol. The van der Waals surface area contributed by atoms with E-state index in [-0.39, 0.29) is 16.7 Å². The molecule has 2 aliphatic rings. The van der Waals surface area contributed by atoms with Gasteiger partial charge in [0.1, 0.15) is 5.82 Å². The van der Waals surface area contributed by atoms with Crippen LogP contribution in [0.25, 0.3) is 11.0 Å². The van der Waals surface area contributed by atoms with E-state index in [1.54, 1.807) is 12.1 Å². The van der Waals surface area contributed by atoms with Crippen molar-refractivity contribution in [2.24, 2.45) is 0 Å². The molecule has 0 unspecified atom stereocenters. The first-order chi connectivity index (χ1) is 16.9. The highest BCUT2D eigenvalue weighted by Gasteiger charge is 2.22. The number of carbonyl (C=O) groups excluding carboxylic acids is 1. The van der Waals surface area contributed by atoms with Crippen LogP contribution in [0.15, 0.2) is 45.6 Å². The number of nitrogens with one attached hydrogen (secondary N) is 1. The van der Waals surface area contributed by atoms with Crippen LogP contribution in [0.1, 0.15) is 10.6 Å². The predicted octanol–water partition coefficient (Wildman–Crippen LogP) is 3.43. The Kier molecular flexibility index (Phi) is 6.64. The molecule has 184 valence electrons. The van der Waals surface area contributed by atoms with Crippen molar-refractivity contribution in [3.8, 4) is 0 Å². The van der Waals surface area contributed by atoms with Gasteiger partial charge in [-0.25, -0.2) is 4.39 Å². The summed E-state index contributed by atoms with van der Waals surface area (Å²) in [7, 11) is 2.02. The minimum atomic E-state index is -0.590. The van der Waals surface area contributed by atoms with Gasteiger partial charge in [0.15, 0.2) is 16.8 Å². The maximum absolute atomic E-state index is 14.3. The highest BCUT2D eigenvalue weighted by Crippen LogP contribution is 2.31. The number of anilines is 3. The maximum Gasteiger partial charge on any atom is 0.291 e. The number of amides is 1. The second kappa shape index (κ2) is 9.85. The Labute approximate surface area is 206 Å². The molecule has 2 fully saturated rings. The van der Waals surface area contributed by atoms with Gasteiger partial charge < -0.3 is 29.2 Å². The fourth-order valence-electron chi connectivity index (χ4n) is 4.44. The van der Waals surface area contributed by atoms with E-state index < -0.39 is 17.2 Å². The summed E-state index contributed by atoms with van der Waals surface area (Å²) in [6.07, 6.45) is 0. The minimum Gasteiger partial charge on any atom is -0.448 e. The molecule has 2 aromatic carbocycles. The number of piperazine rings is 1. The van der Waals surface area contributed by atoms with Crippen molar-refractivity contribution in [3.63, 3.8) is 0 Å². The summed E-state index contributed by atoms with van der Waals surface area (Å²) in [5, 5.41) is 3.35. The topological polar surface area (TPSA) is 78.3 Å². The van der Waals surface area contributed by atoms with Gasteiger partial charge in [0.05, 0.1) is 35.0 Å². The molecule has 2 saturated heterocycles. The Morgan fingerprint density at radius 3 is 2.40 bits per heavy atom. The van der Waals surface area contributed by atoms with E-state index in [1.165, 1.54) is 6.07 Å². The first kappa shape index (κ1) is 23.6. The second-order valence-electron chi connectivity index (χ2n) is 8.79. The Balaban J connectivity index is 1.43. The molecule has 0 atom stereocenters. The van der Waals surface area contributed by atoms with Gasteiger partial charge in [0, 0.05) is 57.1 Å². The normalized spacial score (nSPS) is 17.1. The van der Waals surface area contributed by atoms with E-state index in [2.05, 4.69) is 15.1 Å². The number of hydrogen-bond donors (Lipinski definition) is 1. The van der Waals surface area contributed by atoms with Gasteiger partial charge in [-0.2, -0.15) is 0 Å². The van der Waals surface area contributed by atoms with Crippen LogP contribution in [-0.4, -0.2) is 70.3 Å². The summed E-state index contributed by atoms with van der Waals surface area (Å²) in [5.41, 5.74) is 1.53. The Hall–Kier alpha value is -3.14. The zero-order valence-electron chi connectivity index (χ0n) is 19.4. The van der Waals surface area contributed by atoms with E-state index in [9.17, 15) is 14.0 Å². The number of carbonyl (C=O) groups is 1. The van der Waals surface area contributed by atoms with Gasteiger partial charge in [-0.15, -0.1) is 0 Å². The van der Waals surface area contributed by atoms with E-state index >= 15 is 0 Å². The van der Waals surface area contributed by atoms with E-state index in [4.69, 9.17) is 20.8 Å². The molecule has 10 heteroatoms. The van der Waals surface area contributed by atoms with Gasteiger partial charge in [0.25, 0.3) is 5.91 Å². The number of benzene rings is 2. The molecule has 0 aliphatic carbocycles. The number of likely N-dealkylation sites (N-methyl/N-ethyl adjacent to an activating group) is 1. The van der Waals surface area contributed by atoms with E-state index in [1.807, 2.05) is 18.0 Å². The molecule has 0 radical (unpaired) electrons. The second-order valence-corrected chi connectivity index (χ2v) is 9.19. The molecular formula is C25H26ClFN4O4. The SMILES string of the molecule is CN1CCN(c2cc(F)cc3c(=O)cc(C(=O)Nc4ccc(N5CCOCC5)c(Cl)c4)oc23)CC1. The first-order valence-corrected chi connectivity index (χ1v) is 11.9. The van der Waals surface area contributed by atoms with Crippen molar-refractivity contribution >= 4 is 45.5 Å².